The molecule has 1 aromatic rings. The van der Waals surface area contributed by atoms with Crippen molar-refractivity contribution in [1.82, 2.24) is 10.2 Å². The molecule has 1 atom stereocenters. The zero-order valence-electron chi connectivity index (χ0n) is 13.7. The summed E-state index contributed by atoms with van der Waals surface area (Å²) in [7, 11) is 1.54. The fraction of sp³-hybridized carbons (Fsp3) is 0.500. The summed E-state index contributed by atoms with van der Waals surface area (Å²) < 4.78 is 41.4. The SMILES string of the molecule is COc1ccc(NC(=O)[C@@H]2CCCN2CC(=O)NCC(F)(F)F)cc1. The number of ether oxygens (including phenoxy) is 1. The van der Waals surface area contributed by atoms with Gasteiger partial charge in [-0.2, -0.15) is 13.2 Å². The first kappa shape index (κ1) is 19.0. The summed E-state index contributed by atoms with van der Waals surface area (Å²) in [6.07, 6.45) is -3.20. The minimum atomic E-state index is -4.45. The average molecular weight is 359 g/mol. The first-order chi connectivity index (χ1) is 11.8. The molecular weight excluding hydrogens is 339 g/mol. The molecule has 25 heavy (non-hydrogen) atoms. The molecule has 2 amide bonds. The highest BCUT2D eigenvalue weighted by atomic mass is 19.4. The van der Waals surface area contributed by atoms with Gasteiger partial charge >= 0.3 is 6.18 Å². The van der Waals surface area contributed by atoms with Crippen LogP contribution >= 0.6 is 0 Å². The van der Waals surface area contributed by atoms with Gasteiger partial charge in [0.05, 0.1) is 19.7 Å². The molecule has 138 valence electrons. The number of alkyl halides is 3. The number of nitrogens with one attached hydrogen (secondary N) is 2. The molecule has 0 bridgehead atoms. The van der Waals surface area contributed by atoms with Gasteiger partial charge in [-0.05, 0) is 43.7 Å². The van der Waals surface area contributed by atoms with Gasteiger partial charge < -0.3 is 15.4 Å². The molecule has 0 unspecified atom stereocenters. The Kier molecular flexibility index (Phi) is 6.24. The summed E-state index contributed by atoms with van der Waals surface area (Å²) in [5.74, 6) is -0.380. The molecule has 2 rings (SSSR count). The zero-order chi connectivity index (χ0) is 18.4. The van der Waals surface area contributed by atoms with Gasteiger partial charge in [0.15, 0.2) is 0 Å². The molecule has 0 radical (unpaired) electrons. The van der Waals surface area contributed by atoms with Crippen molar-refractivity contribution in [3.63, 3.8) is 0 Å². The molecule has 1 aliphatic rings. The van der Waals surface area contributed by atoms with E-state index in [-0.39, 0.29) is 12.5 Å². The molecule has 0 saturated carbocycles. The van der Waals surface area contributed by atoms with Crippen molar-refractivity contribution in [1.29, 1.82) is 0 Å². The van der Waals surface area contributed by atoms with Gasteiger partial charge in [-0.25, -0.2) is 0 Å². The van der Waals surface area contributed by atoms with E-state index in [1.54, 1.807) is 29.2 Å². The Bertz CT molecular complexity index is 605. The summed E-state index contributed by atoms with van der Waals surface area (Å²) in [6, 6.07) is 6.23. The summed E-state index contributed by atoms with van der Waals surface area (Å²) in [5, 5.41) is 4.57. The lowest BCUT2D eigenvalue weighted by atomic mass is 10.2. The molecule has 0 spiro atoms. The lowest BCUT2D eigenvalue weighted by Crippen LogP contribution is -2.46. The van der Waals surface area contributed by atoms with Gasteiger partial charge in [0.25, 0.3) is 0 Å². The van der Waals surface area contributed by atoms with Crippen LogP contribution in [0, 0.1) is 0 Å². The Morgan fingerprint density at radius 3 is 2.56 bits per heavy atom. The predicted molar refractivity (Wildman–Crippen MR) is 85.3 cm³/mol. The molecule has 0 aromatic heterocycles. The Morgan fingerprint density at radius 2 is 1.96 bits per heavy atom. The van der Waals surface area contributed by atoms with Crippen molar-refractivity contribution in [3.05, 3.63) is 24.3 Å². The highest BCUT2D eigenvalue weighted by Gasteiger charge is 2.33. The first-order valence-corrected chi connectivity index (χ1v) is 7.81. The minimum Gasteiger partial charge on any atom is -0.497 e. The maximum atomic E-state index is 12.4. The quantitative estimate of drug-likeness (QED) is 0.812. The van der Waals surface area contributed by atoms with Crippen LogP contribution in [0.2, 0.25) is 0 Å². The molecule has 1 fully saturated rings. The molecule has 9 heteroatoms. The zero-order valence-corrected chi connectivity index (χ0v) is 13.7. The lowest BCUT2D eigenvalue weighted by molar-refractivity contribution is -0.139. The summed E-state index contributed by atoms with van der Waals surface area (Å²) in [5.41, 5.74) is 0.583. The Labute approximate surface area is 143 Å². The van der Waals surface area contributed by atoms with E-state index in [1.165, 1.54) is 7.11 Å². The number of benzene rings is 1. The van der Waals surface area contributed by atoms with Crippen LogP contribution in [0.25, 0.3) is 0 Å². The maximum Gasteiger partial charge on any atom is 0.405 e. The van der Waals surface area contributed by atoms with E-state index < -0.39 is 24.7 Å². The smallest absolute Gasteiger partial charge is 0.405 e. The van der Waals surface area contributed by atoms with E-state index in [0.717, 1.165) is 0 Å². The van der Waals surface area contributed by atoms with Crippen LogP contribution in [0.15, 0.2) is 24.3 Å². The van der Waals surface area contributed by atoms with Crippen molar-refractivity contribution in [2.24, 2.45) is 0 Å². The number of methoxy groups -OCH3 is 1. The molecular formula is C16H20F3N3O3. The summed E-state index contributed by atoms with van der Waals surface area (Å²) in [6.45, 7) is -1.13. The van der Waals surface area contributed by atoms with Crippen molar-refractivity contribution in [2.75, 3.05) is 32.1 Å². The fourth-order valence-electron chi connectivity index (χ4n) is 2.65. The number of carbonyl (C=O) groups excluding carboxylic acids is 2. The predicted octanol–water partition coefficient (Wildman–Crippen LogP) is 1.78. The number of halogens is 3. The van der Waals surface area contributed by atoms with Gasteiger partial charge in [-0.1, -0.05) is 0 Å². The number of likely N-dealkylation sites (tertiary alicyclic amines) is 1. The second-order valence-electron chi connectivity index (χ2n) is 5.74. The van der Waals surface area contributed by atoms with Crippen LogP contribution in [0.4, 0.5) is 18.9 Å². The van der Waals surface area contributed by atoms with Gasteiger partial charge in [-0.3, -0.25) is 14.5 Å². The van der Waals surface area contributed by atoms with E-state index >= 15 is 0 Å². The van der Waals surface area contributed by atoms with Gasteiger partial charge in [0.1, 0.15) is 12.3 Å². The number of rotatable bonds is 6. The monoisotopic (exact) mass is 359 g/mol. The third-order valence-electron chi connectivity index (χ3n) is 3.86. The van der Waals surface area contributed by atoms with E-state index in [9.17, 15) is 22.8 Å². The topological polar surface area (TPSA) is 70.7 Å². The molecule has 0 aliphatic carbocycles. The van der Waals surface area contributed by atoms with Crippen LogP contribution in [0.1, 0.15) is 12.8 Å². The largest absolute Gasteiger partial charge is 0.497 e. The molecule has 1 heterocycles. The third kappa shape index (κ3) is 5.93. The highest BCUT2D eigenvalue weighted by Crippen LogP contribution is 2.20. The highest BCUT2D eigenvalue weighted by molar-refractivity contribution is 5.95. The second-order valence-corrected chi connectivity index (χ2v) is 5.74. The number of carbonyl (C=O) groups is 2. The van der Waals surface area contributed by atoms with Crippen molar-refractivity contribution >= 4 is 17.5 Å². The van der Waals surface area contributed by atoms with E-state index in [2.05, 4.69) is 5.32 Å². The van der Waals surface area contributed by atoms with Gasteiger partial charge in [-0.15, -0.1) is 0 Å². The van der Waals surface area contributed by atoms with Crippen LogP contribution < -0.4 is 15.4 Å². The Hall–Kier alpha value is -2.29. The molecule has 1 aromatic carbocycles. The maximum absolute atomic E-state index is 12.4. The van der Waals surface area contributed by atoms with E-state index in [1.807, 2.05) is 5.32 Å². The van der Waals surface area contributed by atoms with Crippen LogP contribution in [0.5, 0.6) is 5.75 Å². The number of anilines is 1. The number of hydrogen-bond acceptors (Lipinski definition) is 4. The van der Waals surface area contributed by atoms with Gasteiger partial charge in [0, 0.05) is 5.69 Å². The summed E-state index contributed by atoms with van der Waals surface area (Å²) >= 11 is 0. The van der Waals surface area contributed by atoms with Crippen LogP contribution in [-0.4, -0.2) is 55.7 Å². The normalized spacial score (nSPS) is 18.0. The van der Waals surface area contributed by atoms with E-state index in [4.69, 9.17) is 4.74 Å². The van der Waals surface area contributed by atoms with Crippen molar-refractivity contribution in [2.45, 2.75) is 25.1 Å². The summed E-state index contributed by atoms with van der Waals surface area (Å²) in [4.78, 5) is 25.6. The van der Waals surface area contributed by atoms with Gasteiger partial charge in [0.2, 0.25) is 11.8 Å². The van der Waals surface area contributed by atoms with Crippen LogP contribution in [0.3, 0.4) is 0 Å². The second kappa shape index (κ2) is 8.19. The molecule has 2 N–H and O–H groups in total. The minimum absolute atomic E-state index is 0.239. The van der Waals surface area contributed by atoms with E-state index in [0.29, 0.717) is 30.8 Å². The number of nitrogens with zero attached hydrogens (tertiary/aromatic N) is 1. The Balaban J connectivity index is 1.88. The van der Waals surface area contributed by atoms with Crippen molar-refractivity contribution < 1.29 is 27.5 Å². The average Bonchev–Trinajstić information content (AvgIpc) is 3.01. The molecule has 1 saturated heterocycles. The van der Waals surface area contributed by atoms with Crippen LogP contribution in [-0.2, 0) is 9.59 Å². The fourth-order valence-corrected chi connectivity index (χ4v) is 2.65. The first-order valence-electron chi connectivity index (χ1n) is 7.81. The lowest BCUT2D eigenvalue weighted by Gasteiger charge is -2.23. The number of amides is 2. The number of hydrogen-bond donors (Lipinski definition) is 2. The molecule has 1 aliphatic heterocycles. The standard InChI is InChI=1S/C16H20F3N3O3/c1-25-12-6-4-11(5-7-12)21-15(24)13-3-2-8-22(13)9-14(23)20-10-16(17,18)19/h4-7,13H,2-3,8-10H2,1H3,(H,20,23)(H,21,24)/t13-/m0/s1. The Morgan fingerprint density at radius 1 is 1.28 bits per heavy atom. The third-order valence-corrected chi connectivity index (χ3v) is 3.86. The van der Waals surface area contributed by atoms with Crippen molar-refractivity contribution in [3.8, 4) is 5.75 Å². The molecule has 6 nitrogen and oxygen atoms in total.